The molecule has 0 saturated heterocycles. The van der Waals surface area contributed by atoms with Crippen molar-refractivity contribution in [3.63, 3.8) is 0 Å². The van der Waals surface area contributed by atoms with Crippen LogP contribution in [-0.2, 0) is 18.9 Å². The van der Waals surface area contributed by atoms with Crippen LogP contribution in [0.15, 0.2) is 29.6 Å². The zero-order chi connectivity index (χ0) is 12.1. The summed E-state index contributed by atoms with van der Waals surface area (Å²) in [5, 5.41) is 2.93. The fourth-order valence-corrected chi connectivity index (χ4v) is 2.49. The van der Waals surface area contributed by atoms with E-state index in [9.17, 15) is 0 Å². The van der Waals surface area contributed by atoms with Gasteiger partial charge in [0, 0.05) is 5.38 Å². The number of hydrogen-bond donors (Lipinski definition) is 0. The molecule has 1 heterocycles. The predicted molar refractivity (Wildman–Crippen MR) is 71.8 cm³/mol. The number of aryl methyl sites for hydroxylation is 1. The maximum absolute atomic E-state index is 5.78. The van der Waals surface area contributed by atoms with Gasteiger partial charge in [0.05, 0.1) is 11.6 Å². The Morgan fingerprint density at radius 2 is 2.18 bits per heavy atom. The van der Waals surface area contributed by atoms with Crippen LogP contribution in [0.1, 0.15) is 23.2 Å². The lowest BCUT2D eigenvalue weighted by molar-refractivity contribution is 0.302. The van der Waals surface area contributed by atoms with E-state index in [0.717, 1.165) is 22.9 Å². The molecule has 0 fully saturated rings. The van der Waals surface area contributed by atoms with Crippen LogP contribution in [0, 0.1) is 0 Å². The van der Waals surface area contributed by atoms with Gasteiger partial charge in [-0.05, 0) is 18.1 Å². The van der Waals surface area contributed by atoms with Crippen LogP contribution in [0.3, 0.4) is 0 Å². The highest BCUT2D eigenvalue weighted by Crippen LogP contribution is 2.20. The second kappa shape index (κ2) is 6.03. The van der Waals surface area contributed by atoms with Crippen molar-refractivity contribution in [1.29, 1.82) is 0 Å². The van der Waals surface area contributed by atoms with Crippen molar-refractivity contribution in [1.82, 2.24) is 4.98 Å². The van der Waals surface area contributed by atoms with Crippen LogP contribution < -0.4 is 4.74 Å². The number of rotatable bonds is 5. The highest BCUT2D eigenvalue weighted by molar-refractivity contribution is 7.09. The van der Waals surface area contributed by atoms with E-state index in [2.05, 4.69) is 18.0 Å². The summed E-state index contributed by atoms with van der Waals surface area (Å²) >= 11 is 7.29. The third-order valence-electron chi connectivity index (χ3n) is 2.44. The lowest BCUT2D eigenvalue weighted by atomic mass is 10.1. The minimum absolute atomic E-state index is 0.460. The SMILES string of the molecule is CCc1ccccc1OCc1nc(CCl)cs1. The molecule has 0 radical (unpaired) electrons. The van der Waals surface area contributed by atoms with E-state index in [1.807, 2.05) is 23.6 Å². The molecule has 90 valence electrons. The molecule has 0 atom stereocenters. The summed E-state index contributed by atoms with van der Waals surface area (Å²) in [6.07, 6.45) is 0.973. The number of alkyl halides is 1. The topological polar surface area (TPSA) is 22.1 Å². The molecule has 1 aromatic carbocycles. The molecule has 0 spiro atoms. The van der Waals surface area contributed by atoms with Gasteiger partial charge in [0.1, 0.15) is 17.4 Å². The fourth-order valence-electron chi connectivity index (χ4n) is 1.55. The Kier molecular flexibility index (Phi) is 4.40. The van der Waals surface area contributed by atoms with Gasteiger partial charge in [-0.2, -0.15) is 0 Å². The van der Waals surface area contributed by atoms with Crippen molar-refractivity contribution in [2.45, 2.75) is 25.8 Å². The number of benzene rings is 1. The monoisotopic (exact) mass is 267 g/mol. The van der Waals surface area contributed by atoms with Gasteiger partial charge in [-0.25, -0.2) is 4.98 Å². The molecule has 0 N–H and O–H groups in total. The highest BCUT2D eigenvalue weighted by Gasteiger charge is 2.04. The first-order valence-corrected chi connectivity index (χ1v) is 6.95. The quantitative estimate of drug-likeness (QED) is 0.764. The molecule has 0 aliphatic rings. The largest absolute Gasteiger partial charge is 0.486 e. The van der Waals surface area contributed by atoms with Crippen LogP contribution in [0.25, 0.3) is 0 Å². The van der Waals surface area contributed by atoms with Crippen molar-refractivity contribution >= 4 is 22.9 Å². The van der Waals surface area contributed by atoms with Gasteiger partial charge in [0.2, 0.25) is 0 Å². The smallest absolute Gasteiger partial charge is 0.140 e. The van der Waals surface area contributed by atoms with Crippen LogP contribution in [0.4, 0.5) is 0 Å². The first kappa shape index (κ1) is 12.4. The molecule has 2 aromatic rings. The minimum atomic E-state index is 0.460. The number of nitrogens with zero attached hydrogens (tertiary/aromatic N) is 1. The molecule has 0 unspecified atom stereocenters. The van der Waals surface area contributed by atoms with Crippen molar-refractivity contribution in [3.8, 4) is 5.75 Å². The summed E-state index contributed by atoms with van der Waals surface area (Å²) in [5.41, 5.74) is 2.14. The van der Waals surface area contributed by atoms with E-state index in [0.29, 0.717) is 12.5 Å². The third kappa shape index (κ3) is 3.20. The van der Waals surface area contributed by atoms with Crippen molar-refractivity contribution in [2.24, 2.45) is 0 Å². The number of thiazole rings is 1. The Morgan fingerprint density at radius 1 is 1.35 bits per heavy atom. The second-order valence-corrected chi connectivity index (χ2v) is 4.83. The molecule has 2 nitrogen and oxygen atoms in total. The van der Waals surface area contributed by atoms with Crippen LogP contribution in [0.5, 0.6) is 5.75 Å². The van der Waals surface area contributed by atoms with Crippen LogP contribution in [0.2, 0.25) is 0 Å². The molecule has 17 heavy (non-hydrogen) atoms. The molecule has 0 bridgehead atoms. The summed E-state index contributed by atoms with van der Waals surface area (Å²) in [7, 11) is 0. The van der Waals surface area contributed by atoms with Crippen molar-refractivity contribution in [2.75, 3.05) is 0 Å². The van der Waals surface area contributed by atoms with E-state index in [1.54, 1.807) is 11.3 Å². The van der Waals surface area contributed by atoms with Gasteiger partial charge < -0.3 is 4.74 Å². The molecular formula is C13H14ClNOS. The van der Waals surface area contributed by atoms with E-state index in [4.69, 9.17) is 16.3 Å². The number of aromatic nitrogens is 1. The zero-order valence-corrected chi connectivity index (χ0v) is 11.2. The maximum atomic E-state index is 5.78. The van der Waals surface area contributed by atoms with Crippen molar-refractivity contribution < 1.29 is 4.74 Å². The van der Waals surface area contributed by atoms with E-state index in [1.165, 1.54) is 5.56 Å². The third-order valence-corrected chi connectivity index (χ3v) is 3.59. The van der Waals surface area contributed by atoms with Crippen LogP contribution >= 0.6 is 22.9 Å². The molecule has 0 aliphatic carbocycles. The summed E-state index contributed by atoms with van der Waals surface area (Å²) in [4.78, 5) is 4.36. The van der Waals surface area contributed by atoms with E-state index >= 15 is 0 Å². The standard InChI is InChI=1S/C13H14ClNOS/c1-2-10-5-3-4-6-12(10)16-8-13-15-11(7-14)9-17-13/h3-6,9H,2,7-8H2,1H3. The summed E-state index contributed by atoms with van der Waals surface area (Å²) in [6.45, 7) is 2.63. The average Bonchev–Trinajstić information content (AvgIpc) is 2.84. The summed E-state index contributed by atoms with van der Waals surface area (Å²) < 4.78 is 5.78. The van der Waals surface area contributed by atoms with Gasteiger partial charge in [0.15, 0.2) is 0 Å². The van der Waals surface area contributed by atoms with Gasteiger partial charge in [-0.15, -0.1) is 22.9 Å². The fraction of sp³-hybridized carbons (Fsp3) is 0.308. The molecule has 0 amide bonds. The number of hydrogen-bond acceptors (Lipinski definition) is 3. The number of ether oxygens (including phenoxy) is 1. The first-order valence-electron chi connectivity index (χ1n) is 5.53. The van der Waals surface area contributed by atoms with Crippen LogP contribution in [-0.4, -0.2) is 4.98 Å². The summed E-state index contributed by atoms with van der Waals surface area (Å²) in [6, 6.07) is 8.09. The average molecular weight is 268 g/mol. The number of para-hydroxylation sites is 1. The second-order valence-electron chi connectivity index (χ2n) is 3.62. The Balaban J connectivity index is 2.01. The number of halogens is 1. The Labute approximate surface area is 110 Å². The maximum Gasteiger partial charge on any atom is 0.140 e. The Bertz CT molecular complexity index is 484. The molecule has 1 aromatic heterocycles. The predicted octanol–water partition coefficient (Wildman–Crippen LogP) is 4.02. The zero-order valence-electron chi connectivity index (χ0n) is 9.65. The molecule has 0 saturated carbocycles. The van der Waals surface area contributed by atoms with Crippen molar-refractivity contribution in [3.05, 3.63) is 45.9 Å². The molecule has 2 rings (SSSR count). The minimum Gasteiger partial charge on any atom is -0.486 e. The molecule has 4 heteroatoms. The van der Waals surface area contributed by atoms with Gasteiger partial charge in [0.25, 0.3) is 0 Å². The lowest BCUT2D eigenvalue weighted by Crippen LogP contribution is -1.97. The van der Waals surface area contributed by atoms with Gasteiger partial charge in [-0.1, -0.05) is 25.1 Å². The van der Waals surface area contributed by atoms with E-state index < -0.39 is 0 Å². The highest BCUT2D eigenvalue weighted by atomic mass is 35.5. The normalized spacial score (nSPS) is 10.5. The van der Waals surface area contributed by atoms with Gasteiger partial charge in [-0.3, -0.25) is 0 Å². The van der Waals surface area contributed by atoms with E-state index in [-0.39, 0.29) is 0 Å². The molecular weight excluding hydrogens is 254 g/mol. The first-order chi connectivity index (χ1) is 8.33. The lowest BCUT2D eigenvalue weighted by Gasteiger charge is -2.08. The summed E-state index contributed by atoms with van der Waals surface area (Å²) in [5.74, 6) is 1.40. The van der Waals surface area contributed by atoms with Gasteiger partial charge >= 0.3 is 0 Å². The Morgan fingerprint density at radius 3 is 2.88 bits per heavy atom. The Hall–Kier alpha value is -1.06. The molecule has 0 aliphatic heterocycles.